The molecule has 85 heavy (non-hydrogen) atoms. The van der Waals surface area contributed by atoms with Gasteiger partial charge in [0.2, 0.25) is 23.1 Å². The molecular weight excluding hydrogens is 1100 g/mol. The third-order valence-electron chi connectivity index (χ3n) is 26.6. The molecule has 8 bridgehead atoms. The van der Waals surface area contributed by atoms with Gasteiger partial charge in [-0.1, -0.05) is 55.4 Å². The van der Waals surface area contributed by atoms with Crippen LogP contribution in [-0.4, -0.2) is 122 Å². The fourth-order valence-corrected chi connectivity index (χ4v) is 21.5. The molecule has 20 fully saturated rings. The zero-order chi connectivity index (χ0) is 58.6. The lowest BCUT2D eigenvalue weighted by atomic mass is 9.58. The van der Waals surface area contributed by atoms with E-state index < -0.39 is 101 Å². The van der Waals surface area contributed by atoms with E-state index in [1.807, 2.05) is 27.7 Å². The lowest BCUT2D eigenvalue weighted by Crippen LogP contribution is -2.71. The van der Waals surface area contributed by atoms with E-state index in [0.29, 0.717) is 49.4 Å². The van der Waals surface area contributed by atoms with Crippen LogP contribution in [0.2, 0.25) is 0 Å². The van der Waals surface area contributed by atoms with Crippen molar-refractivity contribution in [3.8, 4) is 0 Å². The summed E-state index contributed by atoms with van der Waals surface area (Å²) in [5.41, 5.74) is -4.15. The predicted octanol–water partition coefficient (Wildman–Crippen LogP) is 10.9. The molecule has 4 spiro atoms. The lowest BCUT2D eigenvalue weighted by molar-refractivity contribution is -0.579. The van der Waals surface area contributed by atoms with Crippen LogP contribution in [0.15, 0.2) is 0 Å². The Morgan fingerprint density at radius 3 is 0.741 bits per heavy atom. The van der Waals surface area contributed by atoms with Crippen molar-refractivity contribution < 1.29 is 95.9 Å². The van der Waals surface area contributed by atoms with Crippen molar-refractivity contribution in [3.63, 3.8) is 0 Å². The maximum absolute atomic E-state index is 7.46. The summed E-state index contributed by atoms with van der Waals surface area (Å²) in [6.45, 7) is 26.5. The normalized spacial score (nSPS) is 60.3. The van der Waals surface area contributed by atoms with Gasteiger partial charge in [-0.25, -0.2) is 39.1 Å². The van der Waals surface area contributed by atoms with Gasteiger partial charge in [0.25, 0.3) is 0 Å². The minimum atomic E-state index is -1.07. The lowest BCUT2D eigenvalue weighted by Gasteiger charge is -2.61. The van der Waals surface area contributed by atoms with Crippen LogP contribution in [0.25, 0.3) is 0 Å². The first kappa shape index (κ1) is 59.2. The van der Waals surface area contributed by atoms with E-state index >= 15 is 0 Å². The molecule has 0 amide bonds. The average Bonchev–Trinajstić information content (AvgIpc) is 1.94. The Balaban J connectivity index is 0.755. The zero-order valence-electron chi connectivity index (χ0n) is 52.7. The highest BCUT2D eigenvalue weighted by molar-refractivity contribution is 5.14. The number of rotatable bonds is 12. The molecule has 20 rings (SSSR count). The van der Waals surface area contributed by atoms with E-state index in [4.69, 9.17) is 95.9 Å². The van der Waals surface area contributed by atoms with Gasteiger partial charge in [0, 0.05) is 73.0 Å². The number of hydrogen-bond acceptors (Lipinski definition) is 20. The third-order valence-corrected chi connectivity index (χ3v) is 26.6. The Kier molecular flexibility index (Phi) is 14.4. The molecule has 0 aromatic heterocycles. The Morgan fingerprint density at radius 2 is 0.518 bits per heavy atom. The second-order valence-corrected chi connectivity index (χ2v) is 31.8. The SMILES string of the molecule is C[C@@H]1CC[C@H]2[C@@H](C)C(OCC(COC3O[C@H]4O[C@@]5(C)CC[C@@H]6[C@@H](C)CC[C@H]([C@@H]3C)[C@]46OO5)(COC3O[C@@H]4O[C@@]5(C)CC[C@H]6[C@H](C)CC[C@@H]([C@H]3C)[C@@]46OO5)COC3O[C@@H]4O[C@]5(C)CC[C@H]6[C@H](C)CC[C@@H]([C@H]3C)[C@@]46OO5)O[C@@H]3O[C@@]4(C)CC[C@@H]1[C@]32OO4. The van der Waals surface area contributed by atoms with Gasteiger partial charge in [-0.2, -0.15) is 0 Å². The van der Waals surface area contributed by atoms with Crippen LogP contribution in [0.1, 0.15) is 186 Å². The van der Waals surface area contributed by atoms with E-state index in [-0.39, 0.29) is 97.4 Å². The van der Waals surface area contributed by atoms with Gasteiger partial charge in [-0.15, -0.1) is 0 Å². The molecule has 0 N–H and O–H groups in total. The molecule has 4 aliphatic carbocycles. The molecule has 4 unspecified atom stereocenters. The first-order valence-corrected chi connectivity index (χ1v) is 33.9. The summed E-state index contributed by atoms with van der Waals surface area (Å²) in [4.78, 5) is 51.5. The van der Waals surface area contributed by atoms with Gasteiger partial charge < -0.3 is 56.8 Å². The van der Waals surface area contributed by atoms with Crippen LogP contribution < -0.4 is 0 Å². The van der Waals surface area contributed by atoms with Gasteiger partial charge >= 0.3 is 0 Å². The molecular formula is C65H100O20. The van der Waals surface area contributed by atoms with E-state index in [1.54, 1.807) is 0 Å². The van der Waals surface area contributed by atoms with Crippen molar-refractivity contribution in [3.05, 3.63) is 0 Å². The number of ether oxygens (including phenoxy) is 12. The van der Waals surface area contributed by atoms with Crippen LogP contribution in [-0.2, 0) is 95.9 Å². The topological polar surface area (TPSA) is 185 Å². The van der Waals surface area contributed by atoms with E-state index in [1.165, 1.54) is 0 Å². The smallest absolute Gasteiger partial charge is 0.201 e. The highest BCUT2D eigenvalue weighted by atomic mass is 17.3. The van der Waals surface area contributed by atoms with Crippen LogP contribution in [0.3, 0.4) is 0 Å². The van der Waals surface area contributed by atoms with Crippen molar-refractivity contribution in [1.82, 2.24) is 0 Å². The Hall–Kier alpha value is -0.800. The standard InChI is InChI=1S/C65H100O20/c1-33-13-17-45-37(5)49(70-53-62(45)41(33)21-25-57(9,74-53)78-82-62)66-29-61(30-67-50-38(6)46-18-14-34(2)42-22-26-58(10)75-54(71-50)63(42,46)83-79-58,31-68-51-39(7)47-19-15-35(3)43-23-27-59(11)76-55(72-51)64(43,47)84-80-59)32-69-52-40(8)48-20-16-36(4)44-24-28-60(12)77-56(73-52)65(44,48)85-81-60/h33-56H,13-32H2,1-12H3/t33-,34-,35-,36+,37-,38-,39-,40+,41+,42+,43+,44-,45+,46+,47+,48-,49?,50?,51?,52?,53-,54-,55-,56+,57-,58-,59+,60-,61?,62-,63-,64-,65+/m1/s1. The Labute approximate surface area is 502 Å². The minimum absolute atomic E-state index is 0.0367. The second-order valence-electron chi connectivity index (χ2n) is 31.8. The van der Waals surface area contributed by atoms with Crippen molar-refractivity contribution in [2.45, 2.75) is 282 Å². The summed E-state index contributed by atoms with van der Waals surface area (Å²) in [7, 11) is 0. The second kappa shape index (κ2) is 20.6. The molecule has 4 saturated carbocycles. The maximum Gasteiger partial charge on any atom is 0.201 e. The maximum atomic E-state index is 7.46. The van der Waals surface area contributed by atoms with Crippen LogP contribution >= 0.6 is 0 Å². The van der Waals surface area contributed by atoms with E-state index in [2.05, 4.69) is 55.4 Å². The summed E-state index contributed by atoms with van der Waals surface area (Å²) in [6.07, 6.45) is 8.87. The Morgan fingerprint density at radius 1 is 0.294 bits per heavy atom. The van der Waals surface area contributed by atoms with Gasteiger partial charge in [0.05, 0.1) is 31.8 Å². The van der Waals surface area contributed by atoms with Crippen molar-refractivity contribution in [1.29, 1.82) is 0 Å². The molecule has 20 heteroatoms. The molecule has 16 saturated heterocycles. The first-order valence-electron chi connectivity index (χ1n) is 33.9. The van der Waals surface area contributed by atoms with Crippen LogP contribution in [0, 0.1) is 100 Å². The molecule has 16 heterocycles. The minimum Gasteiger partial charge on any atom is -0.351 e. The Bertz CT molecular complexity index is 2180. The molecule has 16 aliphatic heterocycles. The fourth-order valence-electron chi connectivity index (χ4n) is 21.5. The van der Waals surface area contributed by atoms with E-state index in [0.717, 1.165) is 77.0 Å². The average molecular weight is 1200 g/mol. The van der Waals surface area contributed by atoms with Gasteiger partial charge in [-0.05, 0) is 152 Å². The van der Waals surface area contributed by atoms with Gasteiger partial charge in [0.15, 0.2) is 72.7 Å². The molecule has 0 aromatic carbocycles. The van der Waals surface area contributed by atoms with Crippen molar-refractivity contribution in [2.24, 2.45) is 100 Å². The summed E-state index contributed by atoms with van der Waals surface area (Å²) in [5, 5.41) is 0. The third kappa shape index (κ3) is 8.69. The van der Waals surface area contributed by atoms with Gasteiger partial charge in [0.1, 0.15) is 0 Å². The molecule has 480 valence electrons. The number of hydrogen-bond donors (Lipinski definition) is 0. The highest BCUT2D eigenvalue weighted by Crippen LogP contribution is 2.66. The largest absolute Gasteiger partial charge is 0.351 e. The molecule has 20 nitrogen and oxygen atoms in total. The first-order chi connectivity index (χ1) is 40.6. The molecule has 20 aliphatic rings. The monoisotopic (exact) mass is 1200 g/mol. The summed E-state index contributed by atoms with van der Waals surface area (Å²) < 4.78 is 86.2. The van der Waals surface area contributed by atoms with Crippen LogP contribution in [0.5, 0.6) is 0 Å². The predicted molar refractivity (Wildman–Crippen MR) is 294 cm³/mol. The molecule has 0 aromatic rings. The van der Waals surface area contributed by atoms with Crippen LogP contribution in [0.4, 0.5) is 0 Å². The number of fused-ring (bicyclic) bond motifs is 8. The molecule has 32 atom stereocenters. The molecule has 0 radical (unpaired) electrons. The summed E-state index contributed by atoms with van der Waals surface area (Å²) >= 11 is 0. The summed E-state index contributed by atoms with van der Waals surface area (Å²) in [5.74, 6) is -1.67. The fraction of sp³-hybridized carbons (Fsp3) is 1.00. The highest BCUT2D eigenvalue weighted by Gasteiger charge is 2.75. The van der Waals surface area contributed by atoms with Crippen molar-refractivity contribution in [2.75, 3.05) is 26.4 Å². The zero-order valence-corrected chi connectivity index (χ0v) is 52.7. The van der Waals surface area contributed by atoms with E-state index in [9.17, 15) is 0 Å². The summed E-state index contributed by atoms with van der Waals surface area (Å²) in [6, 6.07) is 0. The van der Waals surface area contributed by atoms with Gasteiger partial charge in [-0.3, -0.25) is 0 Å². The van der Waals surface area contributed by atoms with Crippen molar-refractivity contribution >= 4 is 0 Å². The quantitative estimate of drug-likeness (QED) is 0.168.